The van der Waals surface area contributed by atoms with Gasteiger partial charge in [0.25, 0.3) is 10.0 Å². The van der Waals surface area contributed by atoms with E-state index in [-0.39, 0.29) is 46.1 Å². The maximum atomic E-state index is 14.6. The maximum Gasteiger partial charge on any atom is 0.264 e. The van der Waals surface area contributed by atoms with Crippen molar-refractivity contribution in [2.45, 2.75) is 37.8 Å². The average Bonchev–Trinajstić information content (AvgIpc) is 3.05. The summed E-state index contributed by atoms with van der Waals surface area (Å²) in [5.74, 6) is -0.517. The standard InChI is InChI=1S/C35H37BrClN3O5S/c1-25(2)22-38-35(42)32(20-26-10-6-4-7-11-26)39(23-27-14-16-28(36)17-15-27)34(41)24-40(31-21-29(37)18-19-33(31)45-3)46(43,44)30-12-8-5-9-13-30/h4-19,21,25,32H,20,22-24H2,1-3H3,(H,38,42)/t32-/m1/s1. The zero-order valence-corrected chi connectivity index (χ0v) is 29.1. The van der Waals surface area contributed by atoms with Crippen molar-refractivity contribution in [2.75, 3.05) is 24.5 Å². The molecule has 0 saturated carbocycles. The van der Waals surface area contributed by atoms with Gasteiger partial charge in [-0.25, -0.2) is 8.42 Å². The summed E-state index contributed by atoms with van der Waals surface area (Å²) in [4.78, 5) is 29.9. The van der Waals surface area contributed by atoms with Gasteiger partial charge in [0, 0.05) is 29.0 Å². The zero-order chi connectivity index (χ0) is 33.3. The van der Waals surface area contributed by atoms with Gasteiger partial charge in [0.15, 0.2) is 0 Å². The van der Waals surface area contributed by atoms with E-state index in [2.05, 4.69) is 21.2 Å². The van der Waals surface area contributed by atoms with Crippen LogP contribution in [0.1, 0.15) is 25.0 Å². The Morgan fingerprint density at radius 1 is 0.891 bits per heavy atom. The number of hydrogen-bond acceptors (Lipinski definition) is 5. The van der Waals surface area contributed by atoms with Crippen LogP contribution in [-0.4, -0.2) is 51.4 Å². The summed E-state index contributed by atoms with van der Waals surface area (Å²) in [5.41, 5.74) is 1.72. The largest absolute Gasteiger partial charge is 0.495 e. The molecule has 0 aliphatic rings. The molecule has 0 fully saturated rings. The Morgan fingerprint density at radius 3 is 2.13 bits per heavy atom. The van der Waals surface area contributed by atoms with E-state index in [1.807, 2.05) is 68.4 Å². The highest BCUT2D eigenvalue weighted by molar-refractivity contribution is 9.10. The van der Waals surface area contributed by atoms with Crippen LogP contribution in [0.3, 0.4) is 0 Å². The third-order valence-electron chi connectivity index (χ3n) is 7.24. The van der Waals surface area contributed by atoms with Gasteiger partial charge in [-0.2, -0.15) is 0 Å². The minimum absolute atomic E-state index is 0.0141. The molecule has 4 aromatic rings. The molecule has 0 aromatic heterocycles. The van der Waals surface area contributed by atoms with Crippen LogP contribution in [0.2, 0.25) is 5.02 Å². The molecule has 1 atom stereocenters. The highest BCUT2D eigenvalue weighted by Gasteiger charge is 2.35. The molecule has 0 bridgehead atoms. The highest BCUT2D eigenvalue weighted by atomic mass is 79.9. The monoisotopic (exact) mass is 725 g/mol. The van der Waals surface area contributed by atoms with E-state index in [1.165, 1.54) is 30.2 Å². The first-order chi connectivity index (χ1) is 22.0. The predicted molar refractivity (Wildman–Crippen MR) is 185 cm³/mol. The summed E-state index contributed by atoms with van der Waals surface area (Å²) < 4.78 is 35.8. The number of hydrogen-bond donors (Lipinski definition) is 1. The molecular formula is C35H37BrClN3O5S. The van der Waals surface area contributed by atoms with Crippen molar-refractivity contribution in [3.8, 4) is 5.75 Å². The van der Waals surface area contributed by atoms with Crippen LogP contribution in [0.4, 0.5) is 5.69 Å². The number of halogens is 2. The number of sulfonamides is 1. The molecule has 2 amide bonds. The van der Waals surface area contributed by atoms with Crippen molar-refractivity contribution in [3.63, 3.8) is 0 Å². The smallest absolute Gasteiger partial charge is 0.264 e. The zero-order valence-electron chi connectivity index (χ0n) is 25.9. The van der Waals surface area contributed by atoms with Crippen LogP contribution < -0.4 is 14.4 Å². The molecular weight excluding hydrogens is 690 g/mol. The van der Waals surface area contributed by atoms with Gasteiger partial charge in [0.05, 0.1) is 17.7 Å². The molecule has 0 heterocycles. The highest BCUT2D eigenvalue weighted by Crippen LogP contribution is 2.35. The van der Waals surface area contributed by atoms with Crippen LogP contribution in [0.15, 0.2) is 112 Å². The van der Waals surface area contributed by atoms with E-state index >= 15 is 0 Å². The molecule has 0 radical (unpaired) electrons. The molecule has 0 aliphatic carbocycles. The lowest BCUT2D eigenvalue weighted by atomic mass is 10.0. The van der Waals surface area contributed by atoms with E-state index in [0.29, 0.717) is 6.54 Å². The Balaban J connectivity index is 1.83. The van der Waals surface area contributed by atoms with E-state index in [9.17, 15) is 18.0 Å². The quantitative estimate of drug-likeness (QED) is 0.156. The third kappa shape index (κ3) is 9.11. The summed E-state index contributed by atoms with van der Waals surface area (Å²) in [7, 11) is -2.88. The van der Waals surface area contributed by atoms with Gasteiger partial charge < -0.3 is 15.0 Å². The number of amides is 2. The van der Waals surface area contributed by atoms with Crippen LogP contribution in [0.25, 0.3) is 0 Å². The number of ether oxygens (including phenoxy) is 1. The first-order valence-corrected chi connectivity index (χ1v) is 17.4. The summed E-state index contributed by atoms with van der Waals surface area (Å²) in [6, 6.07) is 28.3. The Kier molecular flexibility index (Phi) is 12.3. The second-order valence-corrected chi connectivity index (χ2v) is 14.3. The fourth-order valence-corrected chi connectivity index (χ4v) is 6.72. The number of carbonyl (C=O) groups is 2. The van der Waals surface area contributed by atoms with Crippen molar-refractivity contribution >= 4 is 55.1 Å². The van der Waals surface area contributed by atoms with Crippen LogP contribution >= 0.6 is 27.5 Å². The maximum absolute atomic E-state index is 14.6. The summed E-state index contributed by atoms with van der Waals surface area (Å²) >= 11 is 9.80. The molecule has 242 valence electrons. The van der Waals surface area contributed by atoms with E-state index < -0.39 is 28.5 Å². The number of nitrogens with zero attached hydrogens (tertiary/aromatic N) is 2. The molecule has 0 saturated heterocycles. The van der Waals surface area contributed by atoms with Crippen LogP contribution in [0, 0.1) is 5.92 Å². The van der Waals surface area contributed by atoms with Crippen LogP contribution in [0.5, 0.6) is 5.75 Å². The van der Waals surface area contributed by atoms with Gasteiger partial charge in [0.2, 0.25) is 11.8 Å². The van der Waals surface area contributed by atoms with Gasteiger partial charge in [0.1, 0.15) is 18.3 Å². The molecule has 0 aliphatic heterocycles. The Bertz CT molecular complexity index is 1720. The van der Waals surface area contributed by atoms with Crippen molar-refractivity contribution < 1.29 is 22.7 Å². The van der Waals surface area contributed by atoms with Crippen molar-refractivity contribution in [1.29, 1.82) is 0 Å². The summed E-state index contributed by atoms with van der Waals surface area (Å²) in [6.07, 6.45) is 0.221. The van der Waals surface area contributed by atoms with Crippen LogP contribution in [-0.2, 0) is 32.6 Å². The summed E-state index contributed by atoms with van der Waals surface area (Å²) in [6.45, 7) is 3.83. The minimum atomic E-state index is -4.30. The molecule has 4 aromatic carbocycles. The first kappa shape index (κ1) is 35.0. The second kappa shape index (κ2) is 16.1. The van der Waals surface area contributed by atoms with E-state index in [0.717, 1.165) is 19.9 Å². The Hall–Kier alpha value is -3.86. The molecule has 0 spiro atoms. The van der Waals surface area contributed by atoms with E-state index in [4.69, 9.17) is 16.3 Å². The molecule has 11 heteroatoms. The lowest BCUT2D eigenvalue weighted by Gasteiger charge is -2.34. The molecule has 4 rings (SSSR count). The molecule has 46 heavy (non-hydrogen) atoms. The Labute approximate surface area is 284 Å². The lowest BCUT2D eigenvalue weighted by Crippen LogP contribution is -2.53. The average molecular weight is 727 g/mol. The predicted octanol–water partition coefficient (Wildman–Crippen LogP) is 6.72. The lowest BCUT2D eigenvalue weighted by molar-refractivity contribution is -0.140. The minimum Gasteiger partial charge on any atom is -0.495 e. The van der Waals surface area contributed by atoms with Crippen molar-refractivity contribution in [3.05, 3.63) is 124 Å². The second-order valence-electron chi connectivity index (χ2n) is 11.1. The van der Waals surface area contributed by atoms with Gasteiger partial charge in [-0.1, -0.05) is 102 Å². The number of benzene rings is 4. The van der Waals surface area contributed by atoms with Gasteiger partial charge >= 0.3 is 0 Å². The topological polar surface area (TPSA) is 96.0 Å². The summed E-state index contributed by atoms with van der Waals surface area (Å²) in [5, 5.41) is 3.25. The Morgan fingerprint density at radius 2 is 1.52 bits per heavy atom. The SMILES string of the molecule is COc1ccc(Cl)cc1N(CC(=O)N(Cc1ccc(Br)cc1)[C@H](Cc1ccccc1)C(=O)NCC(C)C)S(=O)(=O)c1ccccc1. The third-order valence-corrected chi connectivity index (χ3v) is 9.78. The first-order valence-electron chi connectivity index (χ1n) is 14.8. The van der Waals surface area contributed by atoms with Gasteiger partial charge in [-0.3, -0.25) is 13.9 Å². The fraction of sp³-hybridized carbons (Fsp3) is 0.257. The van der Waals surface area contributed by atoms with Gasteiger partial charge in [-0.15, -0.1) is 0 Å². The number of methoxy groups -OCH3 is 1. The molecule has 1 N–H and O–H groups in total. The van der Waals surface area contributed by atoms with Gasteiger partial charge in [-0.05, 0) is 59.5 Å². The molecule has 0 unspecified atom stereocenters. The van der Waals surface area contributed by atoms with E-state index in [1.54, 1.807) is 30.3 Å². The normalized spacial score (nSPS) is 12.0. The van der Waals surface area contributed by atoms with Crippen molar-refractivity contribution in [2.24, 2.45) is 5.92 Å². The number of nitrogens with one attached hydrogen (secondary N) is 1. The number of anilines is 1. The van der Waals surface area contributed by atoms with Crippen molar-refractivity contribution in [1.82, 2.24) is 10.2 Å². The molecule has 8 nitrogen and oxygen atoms in total. The number of rotatable bonds is 14. The number of carbonyl (C=O) groups excluding carboxylic acids is 2. The fourth-order valence-electron chi connectivity index (χ4n) is 4.85.